The molecule has 0 atom stereocenters. The van der Waals surface area contributed by atoms with E-state index in [1.807, 2.05) is 0 Å². The maximum atomic E-state index is 2.35. The number of aryl methyl sites for hydroxylation is 2. The van der Waals surface area contributed by atoms with Crippen molar-refractivity contribution in [2.24, 2.45) is 0 Å². The summed E-state index contributed by atoms with van der Waals surface area (Å²) in [6.45, 7) is 8.73. The Kier molecular flexibility index (Phi) is 8.02. The molecule has 20 heavy (non-hydrogen) atoms. The van der Waals surface area contributed by atoms with Crippen molar-refractivity contribution in [2.45, 2.75) is 66.2 Å². The lowest BCUT2D eigenvalue weighted by atomic mass is 10.0. The Morgan fingerprint density at radius 3 is 1.60 bits per heavy atom. The Morgan fingerprint density at radius 2 is 1.15 bits per heavy atom. The molecule has 0 saturated carbocycles. The summed E-state index contributed by atoms with van der Waals surface area (Å²) >= 11 is 0. The zero-order chi connectivity index (χ0) is 14.8. The van der Waals surface area contributed by atoms with E-state index in [-0.39, 0.29) is 0 Å². The van der Waals surface area contributed by atoms with Gasteiger partial charge in [-0.3, -0.25) is 0 Å². The number of unbranched alkanes of at least 4 members (excludes halogenated alkanes) is 1. The molecule has 0 aromatic heterocycles. The maximum absolute atomic E-state index is 2.35. The largest absolute Gasteiger partial charge is 0.0656 e. The van der Waals surface area contributed by atoms with E-state index in [4.69, 9.17) is 0 Å². The van der Waals surface area contributed by atoms with Crippen molar-refractivity contribution in [2.75, 3.05) is 0 Å². The van der Waals surface area contributed by atoms with Gasteiger partial charge in [-0.15, -0.1) is 0 Å². The molecule has 0 amide bonds. The number of hydrogen-bond acceptors (Lipinski definition) is 0. The summed E-state index contributed by atoms with van der Waals surface area (Å²) in [6, 6.07) is 13.8. The van der Waals surface area contributed by atoms with Crippen molar-refractivity contribution in [3.8, 4) is 0 Å². The minimum absolute atomic E-state index is 1.19. The highest BCUT2D eigenvalue weighted by Gasteiger charge is 1.98. The highest BCUT2D eigenvalue weighted by Crippen LogP contribution is 2.19. The molecular weight excluding hydrogens is 240 g/mol. The fourth-order valence-corrected chi connectivity index (χ4v) is 2.33. The molecule has 0 spiro atoms. The van der Waals surface area contributed by atoms with Crippen molar-refractivity contribution in [3.63, 3.8) is 0 Å². The van der Waals surface area contributed by atoms with Crippen LogP contribution in [0.25, 0.3) is 10.8 Å². The number of hydrogen-bond donors (Lipinski definition) is 0. The van der Waals surface area contributed by atoms with Crippen molar-refractivity contribution >= 4 is 10.8 Å². The summed E-state index contributed by atoms with van der Waals surface area (Å²) in [7, 11) is 0. The first kappa shape index (κ1) is 16.8. The molecule has 2 aromatic carbocycles. The standard InChI is InChI=1S/C17H22.C3H8/c1-3-5-7-15-9-11-16-12-14(6-4-2)8-10-17(16)13-15;1-3-2/h8-13H,3-7H2,1-2H3;3H2,1-2H3. The SMILES string of the molecule is CCC.CCCCc1ccc2cc(CCC)ccc2c1. The Hall–Kier alpha value is -1.30. The van der Waals surface area contributed by atoms with Gasteiger partial charge in [0.15, 0.2) is 0 Å². The number of benzene rings is 2. The van der Waals surface area contributed by atoms with Crippen LogP contribution in [0.15, 0.2) is 36.4 Å². The number of rotatable bonds is 5. The molecule has 2 rings (SSSR count). The fourth-order valence-electron chi connectivity index (χ4n) is 2.33. The third kappa shape index (κ3) is 5.36. The lowest BCUT2D eigenvalue weighted by molar-refractivity contribution is 0.796. The molecule has 0 N–H and O–H groups in total. The van der Waals surface area contributed by atoms with Gasteiger partial charge >= 0.3 is 0 Å². The lowest BCUT2D eigenvalue weighted by Crippen LogP contribution is -1.87. The summed E-state index contributed by atoms with van der Waals surface area (Å²) in [5, 5.41) is 2.77. The zero-order valence-electron chi connectivity index (χ0n) is 13.7. The molecule has 0 nitrogen and oxygen atoms in total. The lowest BCUT2D eigenvalue weighted by Gasteiger charge is -2.05. The summed E-state index contributed by atoms with van der Waals surface area (Å²) < 4.78 is 0. The average molecular weight is 270 g/mol. The summed E-state index contributed by atoms with van der Waals surface area (Å²) in [6.07, 6.45) is 7.43. The van der Waals surface area contributed by atoms with Crippen molar-refractivity contribution in [1.29, 1.82) is 0 Å². The molecule has 0 heteroatoms. The number of fused-ring (bicyclic) bond motifs is 1. The average Bonchev–Trinajstić information content (AvgIpc) is 2.46. The Bertz CT molecular complexity index is 496. The highest BCUT2D eigenvalue weighted by molar-refractivity contribution is 5.83. The first-order valence-electron chi connectivity index (χ1n) is 8.26. The Morgan fingerprint density at radius 1 is 0.650 bits per heavy atom. The van der Waals surface area contributed by atoms with Crippen LogP contribution in [0.1, 0.15) is 64.5 Å². The first-order valence-corrected chi connectivity index (χ1v) is 8.26. The van der Waals surface area contributed by atoms with Gasteiger partial charge in [-0.25, -0.2) is 0 Å². The van der Waals surface area contributed by atoms with Gasteiger partial charge in [0.25, 0.3) is 0 Å². The highest BCUT2D eigenvalue weighted by atomic mass is 14.0. The normalized spacial score (nSPS) is 10.2. The van der Waals surface area contributed by atoms with Crippen LogP contribution in [-0.4, -0.2) is 0 Å². The second-order valence-electron chi connectivity index (χ2n) is 5.58. The van der Waals surface area contributed by atoms with Crippen LogP contribution in [0.3, 0.4) is 0 Å². The molecule has 2 aromatic rings. The molecule has 0 aliphatic rings. The molecule has 110 valence electrons. The second kappa shape index (κ2) is 9.58. The van der Waals surface area contributed by atoms with Crippen molar-refractivity contribution < 1.29 is 0 Å². The predicted octanol–water partition coefficient (Wildman–Crippen LogP) is 6.55. The predicted molar refractivity (Wildman–Crippen MR) is 92.5 cm³/mol. The Labute approximate surface area is 125 Å². The third-order valence-electron chi connectivity index (χ3n) is 3.33. The van der Waals surface area contributed by atoms with Gasteiger partial charge in [0.05, 0.1) is 0 Å². The van der Waals surface area contributed by atoms with Crippen molar-refractivity contribution in [1.82, 2.24) is 0 Å². The summed E-state index contributed by atoms with van der Waals surface area (Å²) in [4.78, 5) is 0. The fraction of sp³-hybridized carbons (Fsp3) is 0.500. The van der Waals surface area contributed by atoms with E-state index in [1.54, 1.807) is 0 Å². The quantitative estimate of drug-likeness (QED) is 0.577. The van der Waals surface area contributed by atoms with Crippen LogP contribution < -0.4 is 0 Å². The van der Waals surface area contributed by atoms with E-state index in [0.717, 1.165) is 0 Å². The van der Waals surface area contributed by atoms with Gasteiger partial charge in [0, 0.05) is 0 Å². The van der Waals surface area contributed by atoms with Crippen molar-refractivity contribution in [3.05, 3.63) is 47.5 Å². The minimum atomic E-state index is 1.19. The molecule has 0 fully saturated rings. The smallest absolute Gasteiger partial charge is 0.0181 e. The van der Waals surface area contributed by atoms with E-state index in [9.17, 15) is 0 Å². The van der Waals surface area contributed by atoms with Gasteiger partial charge in [0.1, 0.15) is 0 Å². The van der Waals surface area contributed by atoms with E-state index in [2.05, 4.69) is 64.1 Å². The molecule has 0 bridgehead atoms. The molecule has 0 heterocycles. The molecule has 0 aliphatic carbocycles. The van der Waals surface area contributed by atoms with Crippen LogP contribution in [0.4, 0.5) is 0 Å². The van der Waals surface area contributed by atoms with Crippen LogP contribution >= 0.6 is 0 Å². The van der Waals surface area contributed by atoms with Gasteiger partial charge < -0.3 is 0 Å². The molecule has 0 unspecified atom stereocenters. The van der Waals surface area contributed by atoms with Gasteiger partial charge in [-0.2, -0.15) is 0 Å². The zero-order valence-corrected chi connectivity index (χ0v) is 13.7. The van der Waals surface area contributed by atoms with Gasteiger partial charge in [-0.05, 0) is 41.2 Å². The van der Waals surface area contributed by atoms with Crippen LogP contribution in [0, 0.1) is 0 Å². The van der Waals surface area contributed by atoms with Gasteiger partial charge in [-0.1, -0.05) is 83.4 Å². The summed E-state index contributed by atoms with van der Waals surface area (Å²) in [5.41, 5.74) is 2.93. The molecule has 0 aliphatic heterocycles. The van der Waals surface area contributed by atoms with Crippen LogP contribution in [0.2, 0.25) is 0 Å². The van der Waals surface area contributed by atoms with E-state index < -0.39 is 0 Å². The molecule has 0 saturated heterocycles. The third-order valence-corrected chi connectivity index (χ3v) is 3.33. The monoisotopic (exact) mass is 270 g/mol. The topological polar surface area (TPSA) is 0 Å². The summed E-state index contributed by atoms with van der Waals surface area (Å²) in [5.74, 6) is 0. The molecular formula is C20H30. The second-order valence-corrected chi connectivity index (χ2v) is 5.58. The van der Waals surface area contributed by atoms with E-state index in [1.165, 1.54) is 60.4 Å². The van der Waals surface area contributed by atoms with E-state index in [0.29, 0.717) is 0 Å². The minimum Gasteiger partial charge on any atom is -0.0656 e. The Balaban J connectivity index is 0.000000612. The van der Waals surface area contributed by atoms with Gasteiger partial charge in [0.2, 0.25) is 0 Å². The first-order chi connectivity index (χ1) is 9.74. The van der Waals surface area contributed by atoms with Crippen LogP contribution in [-0.2, 0) is 12.8 Å². The maximum Gasteiger partial charge on any atom is -0.0181 e. The van der Waals surface area contributed by atoms with Crippen LogP contribution in [0.5, 0.6) is 0 Å². The molecule has 0 radical (unpaired) electrons. The van der Waals surface area contributed by atoms with E-state index >= 15 is 0 Å².